The van der Waals surface area contributed by atoms with Crippen LogP contribution in [0.5, 0.6) is 0 Å². The summed E-state index contributed by atoms with van der Waals surface area (Å²) in [4.78, 5) is 0. The molecule has 0 bridgehead atoms. The van der Waals surface area contributed by atoms with Crippen molar-refractivity contribution in [1.82, 2.24) is 0 Å². The van der Waals surface area contributed by atoms with Gasteiger partial charge < -0.3 is 9.66 Å². The fourth-order valence-electron chi connectivity index (χ4n) is 3.07. The topological polar surface area (TPSA) is 77.4 Å². The van der Waals surface area contributed by atoms with Gasteiger partial charge in [0, 0.05) is 5.25 Å². The average molecular weight is 387 g/mol. The number of hydrogen-bond acceptors (Lipinski definition) is 4. The van der Waals surface area contributed by atoms with E-state index in [-0.39, 0.29) is 35.7 Å². The summed E-state index contributed by atoms with van der Waals surface area (Å²) in [5.74, 6) is 0. The third-order valence-electron chi connectivity index (χ3n) is 4.82. The van der Waals surface area contributed by atoms with Crippen LogP contribution in [0, 0.1) is 0 Å². The number of hydrogen-bond donors (Lipinski definition) is 1. The summed E-state index contributed by atoms with van der Waals surface area (Å²) in [7, 11) is -4.14. The zero-order valence-electron chi connectivity index (χ0n) is 16.8. The van der Waals surface area contributed by atoms with Crippen LogP contribution >= 0.6 is 0 Å². The Morgan fingerprint density at radius 3 is 1.56 bits per heavy atom. The predicted octanol–water partition coefficient (Wildman–Crippen LogP) is 2.16. The molecule has 25 heavy (non-hydrogen) atoms. The third kappa shape index (κ3) is 18.0. The molecule has 1 N–H and O–H groups in total. The summed E-state index contributed by atoms with van der Waals surface area (Å²) in [5.41, 5.74) is 0. The summed E-state index contributed by atoms with van der Waals surface area (Å²) < 4.78 is 34.0. The molecule has 146 valence electrons. The maximum atomic E-state index is 11.3. The normalized spacial score (nSPS) is 14.1. The number of aliphatic hydroxyl groups excluding tert-OH is 1. The van der Waals surface area contributed by atoms with E-state index in [0.29, 0.717) is 12.8 Å². The molecule has 0 heterocycles. The van der Waals surface area contributed by atoms with Crippen molar-refractivity contribution < 1.29 is 47.6 Å². The molecule has 0 aliphatic heterocycles. The van der Waals surface area contributed by atoms with E-state index in [1.807, 2.05) is 6.92 Å². The van der Waals surface area contributed by atoms with E-state index < -0.39 is 15.4 Å². The van der Waals surface area contributed by atoms with Crippen molar-refractivity contribution in [2.75, 3.05) is 0 Å². The first kappa shape index (κ1) is 28.1. The van der Waals surface area contributed by atoms with Crippen LogP contribution in [-0.4, -0.2) is 29.4 Å². The van der Waals surface area contributed by atoms with Crippen LogP contribution in [0.1, 0.15) is 110 Å². The molecular formula is C19H39NaO4S. The Bertz CT molecular complexity index is 374. The molecule has 0 aromatic heterocycles. The molecule has 0 rings (SSSR count). The van der Waals surface area contributed by atoms with Crippen LogP contribution in [0.2, 0.25) is 0 Å². The van der Waals surface area contributed by atoms with Crippen LogP contribution < -0.4 is 29.6 Å². The fourth-order valence-corrected chi connectivity index (χ4v) is 3.98. The fraction of sp³-hybridized carbons (Fsp3) is 1.00. The van der Waals surface area contributed by atoms with E-state index in [2.05, 4.69) is 6.92 Å². The van der Waals surface area contributed by atoms with E-state index in [1.165, 1.54) is 6.42 Å². The molecule has 0 amide bonds. The second-order valence-electron chi connectivity index (χ2n) is 7.08. The van der Waals surface area contributed by atoms with Gasteiger partial charge in [-0.2, -0.15) is 0 Å². The Kier molecular flexibility index (Phi) is 20.5. The van der Waals surface area contributed by atoms with Crippen molar-refractivity contribution in [3.05, 3.63) is 0 Å². The molecule has 0 aromatic carbocycles. The van der Waals surface area contributed by atoms with Gasteiger partial charge in [-0.25, -0.2) is 8.42 Å². The van der Waals surface area contributed by atoms with Crippen LogP contribution in [0.15, 0.2) is 0 Å². The second kappa shape index (κ2) is 18.2. The average Bonchev–Trinajstić information content (AvgIpc) is 2.53. The molecule has 2 unspecified atom stereocenters. The molecule has 0 saturated heterocycles. The van der Waals surface area contributed by atoms with Gasteiger partial charge in [0.2, 0.25) is 0 Å². The van der Waals surface area contributed by atoms with E-state index in [1.54, 1.807) is 0 Å². The molecule has 6 heteroatoms. The molecule has 4 nitrogen and oxygen atoms in total. The monoisotopic (exact) mass is 386 g/mol. The minimum absolute atomic E-state index is 0. The van der Waals surface area contributed by atoms with Gasteiger partial charge in [0.25, 0.3) is 0 Å². The van der Waals surface area contributed by atoms with Gasteiger partial charge in [0.15, 0.2) is 0 Å². The van der Waals surface area contributed by atoms with Gasteiger partial charge in [0.1, 0.15) is 0 Å². The Labute approximate surface area is 178 Å². The molecule has 0 spiro atoms. The van der Waals surface area contributed by atoms with E-state index in [4.69, 9.17) is 0 Å². The minimum atomic E-state index is -4.14. The summed E-state index contributed by atoms with van der Waals surface area (Å²) >= 11 is 0. The minimum Gasteiger partial charge on any atom is -0.748 e. The summed E-state index contributed by atoms with van der Waals surface area (Å²) in [5, 5.41) is 8.79. The molecule has 0 saturated carbocycles. The Morgan fingerprint density at radius 1 is 0.760 bits per heavy atom. The van der Waals surface area contributed by atoms with Crippen LogP contribution in [0.25, 0.3) is 0 Å². The maximum Gasteiger partial charge on any atom is 1.00 e. The molecule has 0 aliphatic rings. The maximum absolute atomic E-state index is 11.3. The largest absolute Gasteiger partial charge is 1.00 e. The van der Waals surface area contributed by atoms with Crippen LogP contribution in [-0.2, 0) is 10.1 Å². The molecule has 0 aromatic rings. The van der Waals surface area contributed by atoms with Crippen molar-refractivity contribution in [2.45, 2.75) is 122 Å². The molecule has 2 atom stereocenters. The quantitative estimate of drug-likeness (QED) is 0.236. The van der Waals surface area contributed by atoms with Crippen LogP contribution in [0.4, 0.5) is 0 Å². The van der Waals surface area contributed by atoms with Crippen molar-refractivity contribution in [3.63, 3.8) is 0 Å². The Balaban J connectivity index is 0. The molecular weight excluding hydrogens is 347 g/mol. The summed E-state index contributed by atoms with van der Waals surface area (Å²) in [6.45, 7) is 4.12. The smallest absolute Gasteiger partial charge is 0.748 e. The number of aliphatic hydroxyl groups is 1. The van der Waals surface area contributed by atoms with Gasteiger partial charge in [-0.15, -0.1) is 0 Å². The second-order valence-corrected chi connectivity index (χ2v) is 8.73. The van der Waals surface area contributed by atoms with Gasteiger partial charge in [-0.1, -0.05) is 84.5 Å². The number of unbranched alkanes of at least 4 members (excludes halogenated alkanes) is 9. The first-order chi connectivity index (χ1) is 11.4. The first-order valence-corrected chi connectivity index (χ1v) is 11.5. The summed E-state index contributed by atoms with van der Waals surface area (Å²) in [6.07, 6.45) is 14.3. The SMILES string of the molecule is CCCCCCC(CCCCCCCCCC(O)CC)S(=O)(=O)[O-].[Na+]. The van der Waals surface area contributed by atoms with E-state index in [9.17, 15) is 18.1 Å². The van der Waals surface area contributed by atoms with E-state index >= 15 is 0 Å². The Hall–Kier alpha value is 0.870. The van der Waals surface area contributed by atoms with Gasteiger partial charge in [-0.05, 0) is 25.7 Å². The first-order valence-electron chi connectivity index (χ1n) is 10.0. The van der Waals surface area contributed by atoms with Gasteiger partial charge in [0.05, 0.1) is 16.2 Å². The van der Waals surface area contributed by atoms with Crippen molar-refractivity contribution in [2.24, 2.45) is 0 Å². The van der Waals surface area contributed by atoms with Gasteiger partial charge in [-0.3, -0.25) is 0 Å². The van der Waals surface area contributed by atoms with Crippen molar-refractivity contribution in [3.8, 4) is 0 Å². The van der Waals surface area contributed by atoms with Crippen LogP contribution in [0.3, 0.4) is 0 Å². The zero-order valence-corrected chi connectivity index (χ0v) is 19.7. The Morgan fingerprint density at radius 2 is 1.16 bits per heavy atom. The molecule has 0 fully saturated rings. The predicted molar refractivity (Wildman–Crippen MR) is 100 cm³/mol. The van der Waals surface area contributed by atoms with Crippen molar-refractivity contribution in [1.29, 1.82) is 0 Å². The molecule has 0 radical (unpaired) electrons. The van der Waals surface area contributed by atoms with E-state index in [0.717, 1.165) is 77.0 Å². The van der Waals surface area contributed by atoms with Gasteiger partial charge >= 0.3 is 29.6 Å². The van der Waals surface area contributed by atoms with Crippen molar-refractivity contribution >= 4 is 10.1 Å². The molecule has 0 aliphatic carbocycles. The third-order valence-corrected chi connectivity index (χ3v) is 6.11. The summed E-state index contributed by atoms with van der Waals surface area (Å²) in [6, 6.07) is 0. The number of rotatable bonds is 17. The zero-order chi connectivity index (χ0) is 18.3. The standard InChI is InChI=1S/C19H40O4S.Na/c1-3-5-6-13-16-19(24(21,22)23)17-14-11-9-7-8-10-12-15-18(20)4-2;/h18-20H,3-17H2,1-2H3,(H,21,22,23);/q;+1/p-1.